The van der Waals surface area contributed by atoms with Crippen molar-refractivity contribution in [1.82, 2.24) is 0 Å². The lowest BCUT2D eigenvalue weighted by atomic mass is 9.87. The topological polar surface area (TPSA) is 29.5 Å². The minimum absolute atomic E-state index is 0.293. The zero-order valence-corrected chi connectivity index (χ0v) is 9.00. The number of hydrogen-bond donors (Lipinski definition) is 1. The van der Waals surface area contributed by atoms with E-state index in [9.17, 15) is 5.11 Å². The molecule has 2 fully saturated rings. The van der Waals surface area contributed by atoms with Crippen molar-refractivity contribution in [3.63, 3.8) is 0 Å². The van der Waals surface area contributed by atoms with Crippen LogP contribution in [0.2, 0.25) is 0 Å². The second-order valence-corrected chi connectivity index (χ2v) is 5.03. The van der Waals surface area contributed by atoms with Gasteiger partial charge in [-0.3, -0.25) is 0 Å². The van der Waals surface area contributed by atoms with Gasteiger partial charge in [0.05, 0.1) is 5.60 Å². The second-order valence-electron chi connectivity index (χ2n) is 5.03. The van der Waals surface area contributed by atoms with Crippen molar-refractivity contribution < 1.29 is 9.84 Å². The van der Waals surface area contributed by atoms with Crippen molar-refractivity contribution >= 4 is 0 Å². The monoisotopic (exact) mass is 198 g/mol. The normalized spacial score (nSPS) is 28.1. The molecule has 1 aliphatic heterocycles. The molecular formula is C12H22O2. The molecule has 0 spiro atoms. The van der Waals surface area contributed by atoms with Crippen LogP contribution in [-0.4, -0.2) is 23.9 Å². The first kappa shape index (κ1) is 10.4. The Morgan fingerprint density at radius 3 is 2.43 bits per heavy atom. The molecule has 1 aliphatic carbocycles. The highest BCUT2D eigenvalue weighted by Gasteiger charge is 2.31. The molecule has 0 aromatic heterocycles. The summed E-state index contributed by atoms with van der Waals surface area (Å²) in [7, 11) is 0. The van der Waals surface area contributed by atoms with Gasteiger partial charge in [-0.2, -0.15) is 0 Å². The van der Waals surface area contributed by atoms with E-state index in [4.69, 9.17) is 4.74 Å². The van der Waals surface area contributed by atoms with Gasteiger partial charge in [-0.15, -0.1) is 0 Å². The molecule has 1 saturated heterocycles. The van der Waals surface area contributed by atoms with Crippen LogP contribution in [0.4, 0.5) is 0 Å². The number of ether oxygens (including phenoxy) is 1. The van der Waals surface area contributed by atoms with Crippen molar-refractivity contribution in [1.29, 1.82) is 0 Å². The first-order valence-corrected chi connectivity index (χ1v) is 6.09. The Bertz CT molecular complexity index is 167. The smallest absolute Gasteiger partial charge is 0.0648 e. The average Bonchev–Trinajstić information content (AvgIpc) is 2.65. The Balaban J connectivity index is 1.70. The molecule has 2 nitrogen and oxygen atoms in total. The van der Waals surface area contributed by atoms with Gasteiger partial charge in [0.2, 0.25) is 0 Å². The first-order chi connectivity index (χ1) is 6.79. The lowest BCUT2D eigenvalue weighted by Gasteiger charge is -2.27. The summed E-state index contributed by atoms with van der Waals surface area (Å²) in [6.45, 7) is 1.87. The molecule has 14 heavy (non-hydrogen) atoms. The van der Waals surface area contributed by atoms with E-state index in [0.717, 1.165) is 38.4 Å². The maximum atomic E-state index is 10.2. The zero-order chi connectivity index (χ0) is 9.86. The molecule has 0 unspecified atom stereocenters. The lowest BCUT2D eigenvalue weighted by molar-refractivity contribution is 0.0177. The average molecular weight is 198 g/mol. The Morgan fingerprint density at radius 1 is 1.14 bits per heavy atom. The lowest BCUT2D eigenvalue weighted by Crippen LogP contribution is -2.26. The van der Waals surface area contributed by atoms with Crippen LogP contribution in [0.3, 0.4) is 0 Å². The minimum atomic E-state index is -0.293. The van der Waals surface area contributed by atoms with Gasteiger partial charge in [0.1, 0.15) is 0 Å². The minimum Gasteiger partial charge on any atom is -0.390 e. The maximum Gasteiger partial charge on any atom is 0.0648 e. The van der Waals surface area contributed by atoms with Gasteiger partial charge in [0.25, 0.3) is 0 Å². The molecule has 1 heterocycles. The molecule has 82 valence electrons. The van der Waals surface area contributed by atoms with E-state index in [1.165, 1.54) is 32.1 Å². The largest absolute Gasteiger partial charge is 0.390 e. The fourth-order valence-electron chi connectivity index (χ4n) is 2.79. The molecule has 1 N–H and O–H groups in total. The van der Waals surface area contributed by atoms with Crippen LogP contribution in [0.15, 0.2) is 0 Å². The molecule has 0 atom stereocenters. The Morgan fingerprint density at radius 2 is 1.79 bits per heavy atom. The maximum absolute atomic E-state index is 10.2. The quantitative estimate of drug-likeness (QED) is 0.755. The molecule has 2 heteroatoms. The summed E-state index contributed by atoms with van der Waals surface area (Å²) in [5, 5.41) is 10.2. The van der Waals surface area contributed by atoms with Gasteiger partial charge in [0, 0.05) is 13.2 Å². The molecule has 0 aromatic carbocycles. The molecule has 2 rings (SSSR count). The van der Waals surface area contributed by atoms with Crippen molar-refractivity contribution in [2.45, 2.75) is 57.0 Å². The van der Waals surface area contributed by atoms with Crippen LogP contribution in [0, 0.1) is 5.92 Å². The Hall–Kier alpha value is -0.0800. The summed E-state index contributed by atoms with van der Waals surface area (Å²) >= 11 is 0. The Kier molecular flexibility index (Phi) is 3.45. The summed E-state index contributed by atoms with van der Waals surface area (Å²) in [4.78, 5) is 0. The second kappa shape index (κ2) is 4.63. The van der Waals surface area contributed by atoms with Crippen LogP contribution in [0.25, 0.3) is 0 Å². The molecule has 1 saturated carbocycles. The van der Waals surface area contributed by atoms with Crippen molar-refractivity contribution in [2.75, 3.05) is 13.2 Å². The highest BCUT2D eigenvalue weighted by molar-refractivity contribution is 4.84. The molecule has 0 radical (unpaired) electrons. The van der Waals surface area contributed by atoms with E-state index >= 15 is 0 Å². The summed E-state index contributed by atoms with van der Waals surface area (Å²) in [5.41, 5.74) is -0.293. The van der Waals surface area contributed by atoms with Crippen molar-refractivity contribution in [2.24, 2.45) is 5.92 Å². The number of aliphatic hydroxyl groups is 1. The molecule has 0 amide bonds. The van der Waals surface area contributed by atoms with Crippen LogP contribution in [-0.2, 0) is 4.74 Å². The Labute approximate surface area is 86.6 Å². The predicted octanol–water partition coefficient (Wildman–Crippen LogP) is 2.50. The van der Waals surface area contributed by atoms with Gasteiger partial charge in [-0.05, 0) is 44.4 Å². The van der Waals surface area contributed by atoms with E-state index in [1.54, 1.807) is 0 Å². The molecule has 2 aliphatic rings. The van der Waals surface area contributed by atoms with E-state index in [0.29, 0.717) is 0 Å². The molecular weight excluding hydrogens is 176 g/mol. The molecule has 0 aromatic rings. The summed E-state index contributed by atoms with van der Waals surface area (Å²) in [5.74, 6) is 0.813. The van der Waals surface area contributed by atoms with E-state index in [1.807, 2.05) is 0 Å². The third-order valence-corrected chi connectivity index (χ3v) is 3.89. The summed E-state index contributed by atoms with van der Waals surface area (Å²) < 4.78 is 5.33. The van der Waals surface area contributed by atoms with Gasteiger partial charge >= 0.3 is 0 Å². The third-order valence-electron chi connectivity index (χ3n) is 3.89. The van der Waals surface area contributed by atoms with Crippen LogP contribution < -0.4 is 0 Å². The highest BCUT2D eigenvalue weighted by Crippen LogP contribution is 2.35. The first-order valence-electron chi connectivity index (χ1n) is 6.09. The van der Waals surface area contributed by atoms with Gasteiger partial charge < -0.3 is 9.84 Å². The highest BCUT2D eigenvalue weighted by atomic mass is 16.5. The van der Waals surface area contributed by atoms with Crippen LogP contribution in [0.1, 0.15) is 51.4 Å². The standard InChI is InChI=1S/C12H22O2/c13-12(6-1-2-7-12)8-3-11-4-9-14-10-5-11/h11,13H,1-10H2. The fourth-order valence-corrected chi connectivity index (χ4v) is 2.79. The molecule has 0 bridgehead atoms. The van der Waals surface area contributed by atoms with Gasteiger partial charge in [0.15, 0.2) is 0 Å². The third kappa shape index (κ3) is 2.71. The SMILES string of the molecule is OC1(CCC2CCOCC2)CCCC1. The zero-order valence-electron chi connectivity index (χ0n) is 9.00. The van der Waals surface area contributed by atoms with E-state index < -0.39 is 0 Å². The fraction of sp³-hybridized carbons (Fsp3) is 1.00. The van der Waals surface area contributed by atoms with E-state index in [-0.39, 0.29) is 5.60 Å². The van der Waals surface area contributed by atoms with Gasteiger partial charge in [-0.25, -0.2) is 0 Å². The predicted molar refractivity (Wildman–Crippen MR) is 56.2 cm³/mol. The number of hydrogen-bond acceptors (Lipinski definition) is 2. The van der Waals surface area contributed by atoms with Crippen molar-refractivity contribution in [3.05, 3.63) is 0 Å². The van der Waals surface area contributed by atoms with E-state index in [2.05, 4.69) is 0 Å². The van der Waals surface area contributed by atoms with Gasteiger partial charge in [-0.1, -0.05) is 12.8 Å². The number of rotatable bonds is 3. The summed E-state index contributed by atoms with van der Waals surface area (Å²) in [6.07, 6.45) is 9.17. The van der Waals surface area contributed by atoms with Crippen LogP contribution in [0.5, 0.6) is 0 Å². The van der Waals surface area contributed by atoms with Crippen molar-refractivity contribution in [3.8, 4) is 0 Å². The summed E-state index contributed by atoms with van der Waals surface area (Å²) in [6, 6.07) is 0. The van der Waals surface area contributed by atoms with Crippen LogP contribution >= 0.6 is 0 Å².